The topological polar surface area (TPSA) is 114 Å². The number of amides is 2. The summed E-state index contributed by atoms with van der Waals surface area (Å²) in [6.07, 6.45) is -0.805. The zero-order valence-corrected chi connectivity index (χ0v) is 18.6. The summed E-state index contributed by atoms with van der Waals surface area (Å²) in [5.41, 5.74) is 0.761. The highest BCUT2D eigenvalue weighted by Gasteiger charge is 2.20. The highest BCUT2D eigenvalue weighted by Crippen LogP contribution is 2.28. The number of rotatable bonds is 8. The van der Waals surface area contributed by atoms with Crippen LogP contribution >= 0.6 is 11.6 Å². The molecule has 0 saturated carbocycles. The van der Waals surface area contributed by atoms with Crippen LogP contribution in [0.5, 0.6) is 0 Å². The standard InChI is InChI=1S/C22H19ClFN3O5S/c23-16-10-11-18(27-33(30,31)20-9-5-4-8-17(20)24)19(12-16)26-21(28)13-25-22(29)32-14-15-6-2-1-3-7-15/h1-12,27H,13-14H2,(H,25,29)(H,26,28). The average molecular weight is 492 g/mol. The number of hydrogen-bond acceptors (Lipinski definition) is 5. The molecule has 3 rings (SSSR count). The first-order valence-electron chi connectivity index (χ1n) is 9.56. The summed E-state index contributed by atoms with van der Waals surface area (Å²) in [6.45, 7) is -0.413. The van der Waals surface area contributed by atoms with Crippen LogP contribution in [-0.4, -0.2) is 27.0 Å². The third-order valence-corrected chi connectivity index (χ3v) is 5.87. The monoisotopic (exact) mass is 491 g/mol. The number of ether oxygens (including phenoxy) is 1. The molecule has 0 aliphatic rings. The second-order valence-electron chi connectivity index (χ2n) is 6.69. The number of benzene rings is 3. The Balaban J connectivity index is 1.62. The fourth-order valence-electron chi connectivity index (χ4n) is 2.69. The summed E-state index contributed by atoms with van der Waals surface area (Å²) >= 11 is 5.96. The van der Waals surface area contributed by atoms with Gasteiger partial charge in [0, 0.05) is 5.02 Å². The second kappa shape index (κ2) is 10.8. The number of anilines is 2. The normalized spacial score (nSPS) is 10.8. The van der Waals surface area contributed by atoms with Crippen LogP contribution in [0.3, 0.4) is 0 Å². The highest BCUT2D eigenvalue weighted by atomic mass is 35.5. The molecule has 2 amide bonds. The van der Waals surface area contributed by atoms with Crippen molar-refractivity contribution in [1.82, 2.24) is 5.32 Å². The zero-order valence-electron chi connectivity index (χ0n) is 17.0. The summed E-state index contributed by atoms with van der Waals surface area (Å²) in [4.78, 5) is 23.5. The fourth-order valence-corrected chi connectivity index (χ4v) is 4.02. The summed E-state index contributed by atoms with van der Waals surface area (Å²) in [5.74, 6) is -1.59. The minimum atomic E-state index is -4.28. The lowest BCUT2D eigenvalue weighted by Crippen LogP contribution is -2.33. The van der Waals surface area contributed by atoms with Crippen LogP contribution in [0.4, 0.5) is 20.6 Å². The predicted molar refractivity (Wildman–Crippen MR) is 122 cm³/mol. The van der Waals surface area contributed by atoms with Gasteiger partial charge < -0.3 is 15.4 Å². The fraction of sp³-hybridized carbons (Fsp3) is 0.0909. The van der Waals surface area contributed by atoms with Gasteiger partial charge in [-0.05, 0) is 35.9 Å². The second-order valence-corrected chi connectivity index (χ2v) is 8.78. The van der Waals surface area contributed by atoms with Crippen molar-refractivity contribution >= 4 is 45.0 Å². The van der Waals surface area contributed by atoms with Crippen molar-refractivity contribution in [1.29, 1.82) is 0 Å². The van der Waals surface area contributed by atoms with E-state index in [0.29, 0.717) is 0 Å². The predicted octanol–water partition coefficient (Wildman–Crippen LogP) is 4.14. The summed E-state index contributed by atoms with van der Waals surface area (Å²) in [7, 11) is -4.28. The number of alkyl carbamates (subject to hydrolysis) is 1. The van der Waals surface area contributed by atoms with Crippen LogP contribution in [0.1, 0.15) is 5.56 Å². The number of sulfonamides is 1. The summed E-state index contributed by atoms with van der Waals surface area (Å²) < 4.78 is 46.4. The number of halogens is 2. The average Bonchev–Trinajstić information content (AvgIpc) is 2.79. The lowest BCUT2D eigenvalue weighted by Gasteiger charge is -2.14. The summed E-state index contributed by atoms with van der Waals surface area (Å²) in [5, 5.41) is 4.97. The van der Waals surface area contributed by atoms with Gasteiger partial charge >= 0.3 is 6.09 Å². The molecule has 0 fully saturated rings. The van der Waals surface area contributed by atoms with E-state index in [-0.39, 0.29) is 23.0 Å². The molecule has 3 N–H and O–H groups in total. The molecule has 0 saturated heterocycles. The first-order valence-corrected chi connectivity index (χ1v) is 11.4. The van der Waals surface area contributed by atoms with Gasteiger partial charge in [0.15, 0.2) is 0 Å². The van der Waals surface area contributed by atoms with E-state index in [1.807, 2.05) is 6.07 Å². The maximum atomic E-state index is 13.9. The third-order valence-electron chi connectivity index (χ3n) is 4.23. The van der Waals surface area contributed by atoms with E-state index in [0.717, 1.165) is 17.7 Å². The van der Waals surface area contributed by atoms with Crippen molar-refractivity contribution in [3.05, 3.63) is 89.2 Å². The van der Waals surface area contributed by atoms with Crippen LogP contribution in [-0.2, 0) is 26.2 Å². The molecule has 0 aromatic heterocycles. The molecule has 33 heavy (non-hydrogen) atoms. The van der Waals surface area contributed by atoms with E-state index < -0.39 is 39.3 Å². The van der Waals surface area contributed by atoms with Gasteiger partial charge in [0.25, 0.3) is 10.0 Å². The largest absolute Gasteiger partial charge is 0.445 e. The molecule has 172 valence electrons. The SMILES string of the molecule is O=C(CNC(=O)OCc1ccccc1)Nc1cc(Cl)ccc1NS(=O)(=O)c1ccccc1F. The number of carbonyl (C=O) groups is 2. The van der Waals surface area contributed by atoms with E-state index in [2.05, 4.69) is 15.4 Å². The molecule has 0 aliphatic carbocycles. The van der Waals surface area contributed by atoms with Gasteiger partial charge in [-0.3, -0.25) is 9.52 Å². The van der Waals surface area contributed by atoms with Gasteiger partial charge in [0.05, 0.1) is 11.4 Å². The lowest BCUT2D eigenvalue weighted by molar-refractivity contribution is -0.115. The third kappa shape index (κ3) is 6.93. The van der Waals surface area contributed by atoms with Crippen molar-refractivity contribution < 1.29 is 27.1 Å². The van der Waals surface area contributed by atoms with Crippen molar-refractivity contribution in [3.63, 3.8) is 0 Å². The van der Waals surface area contributed by atoms with Gasteiger partial charge in [-0.25, -0.2) is 17.6 Å². The molecule has 3 aromatic carbocycles. The Labute approximate surface area is 194 Å². The highest BCUT2D eigenvalue weighted by molar-refractivity contribution is 7.92. The van der Waals surface area contributed by atoms with E-state index in [1.54, 1.807) is 24.3 Å². The van der Waals surface area contributed by atoms with E-state index in [1.165, 1.54) is 30.3 Å². The molecule has 8 nitrogen and oxygen atoms in total. The van der Waals surface area contributed by atoms with Crippen LogP contribution < -0.4 is 15.4 Å². The molecule has 0 bridgehead atoms. The van der Waals surface area contributed by atoms with Crippen LogP contribution in [0.25, 0.3) is 0 Å². The Bertz CT molecular complexity index is 1260. The van der Waals surface area contributed by atoms with Crippen molar-refractivity contribution in [3.8, 4) is 0 Å². The Kier molecular flexibility index (Phi) is 7.86. The lowest BCUT2D eigenvalue weighted by atomic mass is 10.2. The van der Waals surface area contributed by atoms with Crippen LogP contribution in [0.2, 0.25) is 5.02 Å². The summed E-state index contributed by atoms with van der Waals surface area (Å²) in [6, 6.07) is 17.9. The quantitative estimate of drug-likeness (QED) is 0.438. The Hall–Kier alpha value is -3.63. The van der Waals surface area contributed by atoms with Gasteiger partial charge in [0.2, 0.25) is 5.91 Å². The van der Waals surface area contributed by atoms with Gasteiger partial charge in [0.1, 0.15) is 23.9 Å². The smallest absolute Gasteiger partial charge is 0.407 e. The van der Waals surface area contributed by atoms with Crippen molar-refractivity contribution in [2.75, 3.05) is 16.6 Å². The Morgan fingerprint density at radius 2 is 1.64 bits per heavy atom. The number of carbonyl (C=O) groups excluding carboxylic acids is 2. The molecular formula is C22H19ClFN3O5S. The molecule has 3 aromatic rings. The Morgan fingerprint density at radius 3 is 2.36 bits per heavy atom. The first-order chi connectivity index (χ1) is 15.7. The minimum Gasteiger partial charge on any atom is -0.445 e. The molecule has 11 heteroatoms. The van der Waals surface area contributed by atoms with Gasteiger partial charge in [-0.1, -0.05) is 54.1 Å². The van der Waals surface area contributed by atoms with Gasteiger partial charge in [-0.15, -0.1) is 0 Å². The van der Waals surface area contributed by atoms with Crippen molar-refractivity contribution in [2.45, 2.75) is 11.5 Å². The molecular weight excluding hydrogens is 473 g/mol. The van der Waals surface area contributed by atoms with E-state index >= 15 is 0 Å². The van der Waals surface area contributed by atoms with Crippen LogP contribution in [0, 0.1) is 5.82 Å². The minimum absolute atomic E-state index is 0.0202. The van der Waals surface area contributed by atoms with Crippen molar-refractivity contribution in [2.24, 2.45) is 0 Å². The first kappa shape index (κ1) is 24.0. The maximum Gasteiger partial charge on any atom is 0.407 e. The molecule has 0 spiro atoms. The molecule has 0 aliphatic heterocycles. The van der Waals surface area contributed by atoms with E-state index in [4.69, 9.17) is 16.3 Å². The van der Waals surface area contributed by atoms with Gasteiger partial charge in [-0.2, -0.15) is 0 Å². The number of hydrogen-bond donors (Lipinski definition) is 3. The molecule has 0 unspecified atom stereocenters. The number of nitrogens with one attached hydrogen (secondary N) is 3. The van der Waals surface area contributed by atoms with E-state index in [9.17, 15) is 22.4 Å². The zero-order chi connectivity index (χ0) is 23.8. The molecule has 0 atom stereocenters. The molecule has 0 heterocycles. The molecule has 0 radical (unpaired) electrons. The van der Waals surface area contributed by atoms with Crippen LogP contribution in [0.15, 0.2) is 77.7 Å². The Morgan fingerprint density at radius 1 is 0.939 bits per heavy atom. The maximum absolute atomic E-state index is 13.9.